The van der Waals surface area contributed by atoms with Gasteiger partial charge in [0.15, 0.2) is 5.82 Å². The molecule has 1 aliphatic rings. The highest BCUT2D eigenvalue weighted by Gasteiger charge is 2.26. The van der Waals surface area contributed by atoms with Crippen LogP contribution in [0.25, 0.3) is 0 Å². The molecule has 1 saturated heterocycles. The van der Waals surface area contributed by atoms with Crippen molar-refractivity contribution in [3.8, 4) is 6.07 Å². The fourth-order valence-corrected chi connectivity index (χ4v) is 4.15. The number of aryl methyl sites for hydroxylation is 1. The number of rotatable bonds is 5. The maximum Gasteiger partial charge on any atom is 0.169 e. The highest BCUT2D eigenvalue weighted by molar-refractivity contribution is 7.09. The van der Waals surface area contributed by atoms with Crippen LogP contribution in [0.3, 0.4) is 0 Å². The summed E-state index contributed by atoms with van der Waals surface area (Å²) in [6, 6.07) is 2.71. The Balaban J connectivity index is 1.76. The quantitative estimate of drug-likeness (QED) is 0.820. The molecule has 1 fully saturated rings. The van der Waals surface area contributed by atoms with Gasteiger partial charge in [-0.05, 0) is 25.3 Å². The van der Waals surface area contributed by atoms with Crippen LogP contribution in [0.1, 0.15) is 48.6 Å². The fourth-order valence-electron chi connectivity index (χ4n) is 3.42. The van der Waals surface area contributed by atoms with E-state index < -0.39 is 0 Å². The second-order valence-corrected chi connectivity index (χ2v) is 7.14. The number of anilines is 1. The van der Waals surface area contributed by atoms with Crippen molar-refractivity contribution >= 4 is 17.2 Å². The lowest BCUT2D eigenvalue weighted by molar-refractivity contribution is 0.197. The van der Waals surface area contributed by atoms with E-state index in [-0.39, 0.29) is 0 Å². The van der Waals surface area contributed by atoms with Gasteiger partial charge in [0.2, 0.25) is 0 Å². The smallest absolute Gasteiger partial charge is 0.169 e. The van der Waals surface area contributed by atoms with Crippen molar-refractivity contribution in [1.29, 1.82) is 5.26 Å². The number of aromatic nitrogens is 3. The number of thiazole rings is 1. The molecule has 1 aliphatic heterocycles. The van der Waals surface area contributed by atoms with Gasteiger partial charge < -0.3 is 4.90 Å². The zero-order chi connectivity index (χ0) is 17.8. The number of nitriles is 1. The van der Waals surface area contributed by atoms with Crippen LogP contribution in [0.4, 0.5) is 5.82 Å². The normalized spacial score (nSPS) is 16.6. The van der Waals surface area contributed by atoms with Crippen LogP contribution >= 0.6 is 11.3 Å². The number of piperazine rings is 1. The third-order valence-electron chi connectivity index (χ3n) is 4.91. The van der Waals surface area contributed by atoms with Crippen molar-refractivity contribution in [2.24, 2.45) is 0 Å². The van der Waals surface area contributed by atoms with E-state index in [1.807, 2.05) is 11.6 Å². The van der Waals surface area contributed by atoms with E-state index in [0.717, 1.165) is 61.1 Å². The average Bonchev–Trinajstić information content (AvgIpc) is 3.21. The number of hydrogen-bond donors (Lipinski definition) is 0. The third-order valence-corrected chi connectivity index (χ3v) is 5.86. The summed E-state index contributed by atoms with van der Waals surface area (Å²) in [5.74, 6) is 0.748. The van der Waals surface area contributed by atoms with Crippen LogP contribution in [-0.4, -0.2) is 46.3 Å². The van der Waals surface area contributed by atoms with Crippen molar-refractivity contribution in [2.75, 3.05) is 31.1 Å². The molecule has 0 aliphatic carbocycles. The highest BCUT2D eigenvalue weighted by atomic mass is 32.1. The van der Waals surface area contributed by atoms with Crippen LogP contribution in [0, 0.1) is 11.3 Å². The summed E-state index contributed by atoms with van der Waals surface area (Å²) in [6.07, 6.45) is 3.49. The van der Waals surface area contributed by atoms with Gasteiger partial charge >= 0.3 is 0 Å². The molecule has 0 N–H and O–H groups in total. The molecular formula is C18H24N6S. The van der Waals surface area contributed by atoms with Gasteiger partial charge in [0.1, 0.15) is 16.6 Å². The lowest BCUT2D eigenvalue weighted by Crippen LogP contribution is -2.47. The van der Waals surface area contributed by atoms with Crippen LogP contribution in [0.5, 0.6) is 0 Å². The van der Waals surface area contributed by atoms with Crippen LogP contribution in [0.2, 0.25) is 0 Å². The first-order valence-corrected chi connectivity index (χ1v) is 9.74. The van der Waals surface area contributed by atoms with Crippen molar-refractivity contribution in [2.45, 2.75) is 39.7 Å². The minimum atomic E-state index is 0.331. The second kappa shape index (κ2) is 7.89. The van der Waals surface area contributed by atoms with Crippen molar-refractivity contribution in [3.63, 3.8) is 0 Å². The Hall–Kier alpha value is -2.04. The van der Waals surface area contributed by atoms with Crippen LogP contribution in [0.15, 0.2) is 11.6 Å². The van der Waals surface area contributed by atoms with Gasteiger partial charge in [0, 0.05) is 37.8 Å². The van der Waals surface area contributed by atoms with Gasteiger partial charge in [-0.25, -0.2) is 4.98 Å². The predicted octanol–water partition coefficient (Wildman–Crippen LogP) is 2.81. The molecular weight excluding hydrogens is 332 g/mol. The number of hydrogen-bond acceptors (Lipinski definition) is 7. The maximum atomic E-state index is 9.68. The zero-order valence-electron chi connectivity index (χ0n) is 15.1. The van der Waals surface area contributed by atoms with Crippen molar-refractivity contribution in [3.05, 3.63) is 33.4 Å². The van der Waals surface area contributed by atoms with Gasteiger partial charge in [0.05, 0.1) is 11.7 Å². The SMILES string of the molecule is CCc1nnc(N2CCN(C(C)c3nccs3)CC2)c(C#N)c1CC. The first-order valence-electron chi connectivity index (χ1n) is 8.86. The van der Waals surface area contributed by atoms with E-state index in [2.05, 4.69) is 51.8 Å². The molecule has 25 heavy (non-hydrogen) atoms. The Labute approximate surface area is 153 Å². The molecule has 0 aromatic carbocycles. The Morgan fingerprint density at radius 3 is 2.52 bits per heavy atom. The van der Waals surface area contributed by atoms with Crippen LogP contribution in [-0.2, 0) is 12.8 Å². The molecule has 3 rings (SSSR count). The fraction of sp³-hybridized carbons (Fsp3) is 0.556. The van der Waals surface area contributed by atoms with E-state index in [4.69, 9.17) is 0 Å². The molecule has 3 heterocycles. The topological polar surface area (TPSA) is 68.9 Å². The molecule has 0 amide bonds. The van der Waals surface area contributed by atoms with Crippen LogP contribution < -0.4 is 4.90 Å². The molecule has 6 nitrogen and oxygen atoms in total. The van der Waals surface area contributed by atoms with Gasteiger partial charge in [-0.1, -0.05) is 13.8 Å². The predicted molar refractivity (Wildman–Crippen MR) is 99.8 cm³/mol. The molecule has 1 atom stereocenters. The molecule has 132 valence electrons. The minimum absolute atomic E-state index is 0.331. The summed E-state index contributed by atoms with van der Waals surface area (Å²) in [5.41, 5.74) is 2.70. The summed E-state index contributed by atoms with van der Waals surface area (Å²) in [5, 5.41) is 21.6. The van der Waals surface area contributed by atoms with E-state index in [1.54, 1.807) is 11.3 Å². The first kappa shape index (κ1) is 17.8. The summed E-state index contributed by atoms with van der Waals surface area (Å²) in [7, 11) is 0. The van der Waals surface area contributed by atoms with E-state index >= 15 is 0 Å². The second-order valence-electron chi connectivity index (χ2n) is 6.21. The summed E-state index contributed by atoms with van der Waals surface area (Å²) in [6.45, 7) is 9.92. The molecule has 0 spiro atoms. The molecule has 0 radical (unpaired) electrons. The Morgan fingerprint density at radius 2 is 1.96 bits per heavy atom. The standard InChI is InChI=1S/C18H24N6S/c1-4-14-15(12-19)17(22-21-16(14)5-2)24-9-7-23(8-10-24)13(3)18-20-6-11-25-18/h6,11,13H,4-5,7-10H2,1-3H3. The Kier molecular flexibility index (Phi) is 5.61. The lowest BCUT2D eigenvalue weighted by atomic mass is 10.0. The van der Waals surface area contributed by atoms with E-state index in [9.17, 15) is 5.26 Å². The summed E-state index contributed by atoms with van der Waals surface area (Å²) >= 11 is 1.71. The Morgan fingerprint density at radius 1 is 1.20 bits per heavy atom. The van der Waals surface area contributed by atoms with Crippen molar-refractivity contribution in [1.82, 2.24) is 20.1 Å². The van der Waals surface area contributed by atoms with E-state index in [1.165, 1.54) is 0 Å². The number of nitrogens with zero attached hydrogens (tertiary/aromatic N) is 6. The molecule has 0 bridgehead atoms. The minimum Gasteiger partial charge on any atom is -0.351 e. The van der Waals surface area contributed by atoms with Gasteiger partial charge in [-0.15, -0.1) is 16.4 Å². The first-order chi connectivity index (χ1) is 12.2. The van der Waals surface area contributed by atoms with Gasteiger partial charge in [0.25, 0.3) is 0 Å². The maximum absolute atomic E-state index is 9.68. The molecule has 2 aromatic rings. The molecule has 0 saturated carbocycles. The monoisotopic (exact) mass is 356 g/mol. The summed E-state index contributed by atoms with van der Waals surface area (Å²) < 4.78 is 0. The largest absolute Gasteiger partial charge is 0.351 e. The summed E-state index contributed by atoms with van der Waals surface area (Å²) in [4.78, 5) is 9.08. The zero-order valence-corrected chi connectivity index (χ0v) is 15.9. The lowest BCUT2D eigenvalue weighted by Gasteiger charge is -2.38. The van der Waals surface area contributed by atoms with Crippen molar-refractivity contribution < 1.29 is 0 Å². The molecule has 1 unspecified atom stereocenters. The van der Waals surface area contributed by atoms with Gasteiger partial charge in [-0.2, -0.15) is 10.4 Å². The third kappa shape index (κ3) is 3.51. The molecule has 7 heteroatoms. The highest BCUT2D eigenvalue weighted by Crippen LogP contribution is 2.27. The molecule has 2 aromatic heterocycles. The Bertz CT molecular complexity index is 744. The van der Waals surface area contributed by atoms with E-state index in [0.29, 0.717) is 11.6 Å². The average molecular weight is 356 g/mol. The van der Waals surface area contributed by atoms with Gasteiger partial charge in [-0.3, -0.25) is 4.90 Å².